The van der Waals surface area contributed by atoms with E-state index in [4.69, 9.17) is 4.74 Å². The van der Waals surface area contributed by atoms with Gasteiger partial charge in [0.1, 0.15) is 6.10 Å². The van der Waals surface area contributed by atoms with Crippen LogP contribution in [0.25, 0.3) is 0 Å². The molecule has 0 N–H and O–H groups in total. The quantitative estimate of drug-likeness (QED) is 0.451. The van der Waals surface area contributed by atoms with E-state index in [9.17, 15) is 4.79 Å². The first-order valence-electron chi connectivity index (χ1n) is 4.04. The zero-order valence-corrected chi connectivity index (χ0v) is 7.30. The lowest BCUT2D eigenvalue weighted by Crippen LogP contribution is -2.15. The van der Waals surface area contributed by atoms with Crippen LogP contribution in [-0.2, 0) is 9.53 Å². The van der Waals surface area contributed by atoms with Crippen molar-refractivity contribution < 1.29 is 9.53 Å². The standard InChI is InChI=1S/C9H16O2/c1-4-7-9(10)11-8(5-2)6-3/h4,8H,1,5-7H2,2-3H3. The summed E-state index contributed by atoms with van der Waals surface area (Å²) in [6.45, 7) is 7.48. The van der Waals surface area contributed by atoms with Gasteiger partial charge in [0, 0.05) is 0 Å². The molecule has 2 heteroatoms. The van der Waals surface area contributed by atoms with Gasteiger partial charge in [0.15, 0.2) is 0 Å². The molecule has 2 nitrogen and oxygen atoms in total. The molecule has 0 aromatic carbocycles. The number of ether oxygens (including phenoxy) is 1. The maximum Gasteiger partial charge on any atom is 0.309 e. The molecule has 0 aromatic rings. The van der Waals surface area contributed by atoms with Crippen LogP contribution in [0.15, 0.2) is 12.7 Å². The highest BCUT2D eigenvalue weighted by Gasteiger charge is 2.07. The average Bonchev–Trinajstić information content (AvgIpc) is 2.01. The first kappa shape index (κ1) is 10.2. The first-order valence-corrected chi connectivity index (χ1v) is 4.04. The molecule has 0 atom stereocenters. The lowest BCUT2D eigenvalue weighted by atomic mass is 10.2. The molecule has 0 bridgehead atoms. The molecule has 0 radical (unpaired) electrons. The highest BCUT2D eigenvalue weighted by atomic mass is 16.5. The Morgan fingerprint density at radius 1 is 1.55 bits per heavy atom. The largest absolute Gasteiger partial charge is 0.462 e. The van der Waals surface area contributed by atoms with Crippen molar-refractivity contribution in [2.24, 2.45) is 0 Å². The molecule has 64 valence electrons. The van der Waals surface area contributed by atoms with Gasteiger partial charge in [-0.05, 0) is 12.8 Å². The Morgan fingerprint density at radius 2 is 2.09 bits per heavy atom. The van der Waals surface area contributed by atoms with Gasteiger partial charge in [-0.3, -0.25) is 4.79 Å². The molecule has 0 heterocycles. The van der Waals surface area contributed by atoms with Crippen LogP contribution in [0.2, 0.25) is 0 Å². The Balaban J connectivity index is 3.62. The molecule has 0 amide bonds. The maximum absolute atomic E-state index is 10.9. The van der Waals surface area contributed by atoms with E-state index in [0.29, 0.717) is 6.42 Å². The van der Waals surface area contributed by atoms with Gasteiger partial charge in [-0.1, -0.05) is 19.9 Å². The minimum Gasteiger partial charge on any atom is -0.462 e. The molecule has 0 aliphatic heterocycles. The van der Waals surface area contributed by atoms with Gasteiger partial charge in [-0.15, -0.1) is 6.58 Å². The van der Waals surface area contributed by atoms with E-state index in [-0.39, 0.29) is 12.1 Å². The SMILES string of the molecule is C=CCC(=O)OC(CC)CC. The van der Waals surface area contributed by atoms with Gasteiger partial charge in [-0.2, -0.15) is 0 Å². The van der Waals surface area contributed by atoms with Gasteiger partial charge < -0.3 is 4.74 Å². The molecule has 0 spiro atoms. The van der Waals surface area contributed by atoms with Gasteiger partial charge >= 0.3 is 5.97 Å². The Bertz CT molecular complexity index is 126. The second-order valence-corrected chi connectivity index (χ2v) is 2.42. The predicted octanol–water partition coefficient (Wildman–Crippen LogP) is 2.29. The van der Waals surface area contributed by atoms with Crippen molar-refractivity contribution in [1.82, 2.24) is 0 Å². The van der Waals surface area contributed by atoms with Crippen LogP contribution in [-0.4, -0.2) is 12.1 Å². The summed E-state index contributed by atoms with van der Waals surface area (Å²) in [4.78, 5) is 10.9. The first-order chi connectivity index (χ1) is 5.24. The topological polar surface area (TPSA) is 26.3 Å². The summed E-state index contributed by atoms with van der Waals surface area (Å²) in [5, 5.41) is 0. The minimum atomic E-state index is -0.172. The third-order valence-corrected chi connectivity index (χ3v) is 1.52. The molecule has 0 saturated heterocycles. The van der Waals surface area contributed by atoms with Gasteiger partial charge in [0.2, 0.25) is 0 Å². The lowest BCUT2D eigenvalue weighted by molar-refractivity contribution is -0.148. The van der Waals surface area contributed by atoms with E-state index in [0.717, 1.165) is 12.8 Å². The van der Waals surface area contributed by atoms with E-state index >= 15 is 0 Å². The maximum atomic E-state index is 10.9. The Morgan fingerprint density at radius 3 is 2.45 bits per heavy atom. The van der Waals surface area contributed by atoms with Crippen LogP contribution >= 0.6 is 0 Å². The smallest absolute Gasteiger partial charge is 0.309 e. The molecule has 0 aromatic heterocycles. The van der Waals surface area contributed by atoms with E-state index in [1.807, 2.05) is 13.8 Å². The van der Waals surface area contributed by atoms with Crippen LogP contribution in [0.4, 0.5) is 0 Å². The molecule has 11 heavy (non-hydrogen) atoms. The molecular formula is C9H16O2. The molecule has 0 aliphatic rings. The highest BCUT2D eigenvalue weighted by molar-refractivity contribution is 5.71. The van der Waals surface area contributed by atoms with Crippen LogP contribution in [0, 0.1) is 0 Å². The van der Waals surface area contributed by atoms with E-state index < -0.39 is 0 Å². The number of hydrogen-bond donors (Lipinski definition) is 0. The number of esters is 1. The Hall–Kier alpha value is -0.790. The third kappa shape index (κ3) is 4.59. The van der Waals surface area contributed by atoms with Crippen molar-refractivity contribution in [1.29, 1.82) is 0 Å². The molecule has 0 fully saturated rings. The summed E-state index contributed by atoms with van der Waals surface area (Å²) < 4.78 is 5.08. The third-order valence-electron chi connectivity index (χ3n) is 1.52. The van der Waals surface area contributed by atoms with Crippen molar-refractivity contribution in [3.63, 3.8) is 0 Å². The van der Waals surface area contributed by atoms with Crippen molar-refractivity contribution in [3.05, 3.63) is 12.7 Å². The summed E-state index contributed by atoms with van der Waals surface area (Å²) in [6, 6.07) is 0. The minimum absolute atomic E-state index is 0.0856. The number of carbonyl (C=O) groups excluding carboxylic acids is 1. The van der Waals surface area contributed by atoms with Crippen molar-refractivity contribution in [2.75, 3.05) is 0 Å². The average molecular weight is 156 g/mol. The summed E-state index contributed by atoms with van der Waals surface area (Å²) in [6.07, 6.45) is 3.74. The zero-order chi connectivity index (χ0) is 8.69. The molecular weight excluding hydrogens is 140 g/mol. The van der Waals surface area contributed by atoms with Gasteiger partial charge in [0.25, 0.3) is 0 Å². The van der Waals surface area contributed by atoms with Crippen molar-refractivity contribution >= 4 is 5.97 Å². The fourth-order valence-electron chi connectivity index (χ4n) is 0.807. The van der Waals surface area contributed by atoms with Crippen LogP contribution < -0.4 is 0 Å². The number of hydrogen-bond acceptors (Lipinski definition) is 2. The second kappa shape index (κ2) is 5.96. The van der Waals surface area contributed by atoms with E-state index in [2.05, 4.69) is 6.58 Å². The van der Waals surface area contributed by atoms with Crippen LogP contribution in [0.3, 0.4) is 0 Å². The predicted molar refractivity (Wildman–Crippen MR) is 45.3 cm³/mol. The van der Waals surface area contributed by atoms with Crippen molar-refractivity contribution in [3.8, 4) is 0 Å². The number of rotatable bonds is 5. The van der Waals surface area contributed by atoms with Crippen molar-refractivity contribution in [2.45, 2.75) is 39.2 Å². The molecule has 0 saturated carbocycles. The summed E-state index contributed by atoms with van der Waals surface area (Å²) in [5.74, 6) is -0.172. The summed E-state index contributed by atoms with van der Waals surface area (Å²) >= 11 is 0. The van der Waals surface area contributed by atoms with E-state index in [1.54, 1.807) is 6.08 Å². The normalized spacial score (nSPS) is 9.73. The molecule has 0 rings (SSSR count). The Labute approximate surface area is 68.2 Å². The summed E-state index contributed by atoms with van der Waals surface area (Å²) in [7, 11) is 0. The van der Waals surface area contributed by atoms with Crippen LogP contribution in [0.5, 0.6) is 0 Å². The highest BCUT2D eigenvalue weighted by Crippen LogP contribution is 2.03. The molecule has 0 unspecified atom stereocenters. The fraction of sp³-hybridized carbons (Fsp3) is 0.667. The number of carbonyl (C=O) groups is 1. The Kier molecular flexibility index (Phi) is 5.53. The fourth-order valence-corrected chi connectivity index (χ4v) is 0.807. The summed E-state index contributed by atoms with van der Waals surface area (Å²) in [5.41, 5.74) is 0. The van der Waals surface area contributed by atoms with Crippen LogP contribution in [0.1, 0.15) is 33.1 Å². The van der Waals surface area contributed by atoms with Gasteiger partial charge in [-0.25, -0.2) is 0 Å². The monoisotopic (exact) mass is 156 g/mol. The lowest BCUT2D eigenvalue weighted by Gasteiger charge is -2.12. The molecule has 0 aliphatic carbocycles. The van der Waals surface area contributed by atoms with E-state index in [1.165, 1.54) is 0 Å². The van der Waals surface area contributed by atoms with Gasteiger partial charge in [0.05, 0.1) is 6.42 Å². The zero-order valence-electron chi connectivity index (χ0n) is 7.30. The second-order valence-electron chi connectivity index (χ2n) is 2.42.